The van der Waals surface area contributed by atoms with Crippen LogP contribution in [-0.2, 0) is 6.54 Å². The van der Waals surface area contributed by atoms with Crippen molar-refractivity contribution in [2.24, 2.45) is 0 Å². The van der Waals surface area contributed by atoms with Crippen LogP contribution in [-0.4, -0.2) is 13.2 Å². The average molecular weight is 273 g/mol. The van der Waals surface area contributed by atoms with Gasteiger partial charge < -0.3 is 14.5 Å². The van der Waals surface area contributed by atoms with Crippen LogP contribution in [0, 0.1) is 6.92 Å². The van der Waals surface area contributed by atoms with Gasteiger partial charge in [-0.15, -0.1) is 0 Å². The third-order valence-corrected chi connectivity index (χ3v) is 3.89. The molecule has 1 N–H and O–H groups in total. The van der Waals surface area contributed by atoms with Crippen molar-refractivity contribution in [3.63, 3.8) is 0 Å². The number of nitrogens with one attached hydrogen (secondary N) is 1. The summed E-state index contributed by atoms with van der Waals surface area (Å²) in [5.41, 5.74) is 3.52. The van der Waals surface area contributed by atoms with Crippen molar-refractivity contribution in [3.8, 4) is 5.75 Å². The van der Waals surface area contributed by atoms with Gasteiger partial charge in [0.2, 0.25) is 0 Å². The molecule has 3 rings (SSSR count). The summed E-state index contributed by atoms with van der Waals surface area (Å²) in [6, 6.07) is 4.73. The van der Waals surface area contributed by atoms with Crippen molar-refractivity contribution in [1.29, 1.82) is 0 Å². The molecule has 0 atom stereocenters. The van der Waals surface area contributed by atoms with E-state index >= 15 is 0 Å². The Bertz CT molecular complexity index is 623. The molecule has 1 saturated carbocycles. The molecule has 1 aromatic carbocycles. The number of rotatable bonds is 5. The van der Waals surface area contributed by atoms with Crippen LogP contribution in [0.2, 0.25) is 0 Å². The maximum Gasteiger partial charge on any atom is 0.176 e. The molecule has 3 heteroatoms. The second-order valence-corrected chi connectivity index (χ2v) is 6.09. The number of ether oxygens (including phenoxy) is 1. The Morgan fingerprint density at radius 3 is 2.70 bits per heavy atom. The smallest absolute Gasteiger partial charge is 0.176 e. The summed E-state index contributed by atoms with van der Waals surface area (Å²) >= 11 is 0. The van der Waals surface area contributed by atoms with E-state index in [1.807, 2.05) is 6.07 Å². The van der Waals surface area contributed by atoms with Gasteiger partial charge in [-0.3, -0.25) is 0 Å². The van der Waals surface area contributed by atoms with Gasteiger partial charge in [0, 0.05) is 17.0 Å². The van der Waals surface area contributed by atoms with Crippen molar-refractivity contribution in [3.05, 3.63) is 29.0 Å². The van der Waals surface area contributed by atoms with E-state index in [-0.39, 0.29) is 0 Å². The third kappa shape index (κ3) is 2.42. The molecule has 0 amide bonds. The standard InChI is InChI=1S/C17H23NO2/c1-10(2)18-9-15-16(12-5-6-12)13-7-11(3)8-14(19-4)17(13)20-15/h7-8,10,12,18H,5-6,9H2,1-4H3. The molecular weight excluding hydrogens is 250 g/mol. The number of fused-ring (bicyclic) bond motifs is 1. The van der Waals surface area contributed by atoms with Crippen molar-refractivity contribution >= 4 is 11.0 Å². The quantitative estimate of drug-likeness (QED) is 0.889. The van der Waals surface area contributed by atoms with Crippen molar-refractivity contribution in [1.82, 2.24) is 5.32 Å². The number of benzene rings is 1. The lowest BCUT2D eigenvalue weighted by molar-refractivity contribution is 0.404. The Morgan fingerprint density at radius 1 is 1.35 bits per heavy atom. The van der Waals surface area contributed by atoms with E-state index in [9.17, 15) is 0 Å². The Labute approximate surface area is 120 Å². The van der Waals surface area contributed by atoms with Gasteiger partial charge in [-0.2, -0.15) is 0 Å². The fourth-order valence-electron chi connectivity index (χ4n) is 2.77. The molecule has 108 valence electrons. The highest BCUT2D eigenvalue weighted by atomic mass is 16.5. The molecule has 1 fully saturated rings. The zero-order chi connectivity index (χ0) is 14.3. The summed E-state index contributed by atoms with van der Waals surface area (Å²) < 4.78 is 11.6. The second kappa shape index (κ2) is 5.13. The molecule has 0 radical (unpaired) electrons. The molecule has 0 saturated heterocycles. The summed E-state index contributed by atoms with van der Waals surface area (Å²) in [5, 5.41) is 4.70. The van der Waals surface area contributed by atoms with Crippen LogP contribution in [0.4, 0.5) is 0 Å². The number of hydrogen-bond acceptors (Lipinski definition) is 3. The predicted octanol–water partition coefficient (Wildman–Crippen LogP) is 4.13. The minimum Gasteiger partial charge on any atom is -0.493 e. The molecule has 0 aliphatic heterocycles. The first kappa shape index (κ1) is 13.5. The first-order chi connectivity index (χ1) is 9.60. The van der Waals surface area contributed by atoms with Crippen molar-refractivity contribution in [2.75, 3.05) is 7.11 Å². The maximum atomic E-state index is 6.14. The van der Waals surface area contributed by atoms with E-state index in [0.717, 1.165) is 23.6 Å². The minimum atomic E-state index is 0.457. The monoisotopic (exact) mass is 273 g/mol. The maximum absolute atomic E-state index is 6.14. The fourth-order valence-corrected chi connectivity index (χ4v) is 2.77. The van der Waals surface area contributed by atoms with Crippen molar-refractivity contribution in [2.45, 2.75) is 52.1 Å². The molecule has 1 aromatic heterocycles. The largest absolute Gasteiger partial charge is 0.493 e. The normalized spacial score (nSPS) is 15.2. The lowest BCUT2D eigenvalue weighted by Crippen LogP contribution is -2.22. The highest BCUT2D eigenvalue weighted by molar-refractivity contribution is 5.89. The summed E-state index contributed by atoms with van der Waals surface area (Å²) in [7, 11) is 1.71. The summed E-state index contributed by atoms with van der Waals surface area (Å²) in [5.74, 6) is 2.60. The number of hydrogen-bond donors (Lipinski definition) is 1. The van der Waals surface area contributed by atoms with Gasteiger partial charge in [0.05, 0.1) is 13.7 Å². The van der Waals surface area contributed by atoms with E-state index in [2.05, 4.69) is 32.2 Å². The summed E-state index contributed by atoms with van der Waals surface area (Å²) in [4.78, 5) is 0. The molecule has 1 heterocycles. The Balaban J connectivity index is 2.11. The molecule has 1 aliphatic rings. The molecule has 3 nitrogen and oxygen atoms in total. The minimum absolute atomic E-state index is 0.457. The number of methoxy groups -OCH3 is 1. The summed E-state index contributed by atoms with van der Waals surface area (Å²) in [6.45, 7) is 7.21. The molecular formula is C17H23NO2. The molecule has 0 spiro atoms. The Morgan fingerprint density at radius 2 is 2.10 bits per heavy atom. The van der Waals surface area contributed by atoms with E-state index in [1.54, 1.807) is 7.11 Å². The van der Waals surface area contributed by atoms with Crippen LogP contribution in [0.1, 0.15) is 49.5 Å². The molecule has 1 aliphatic carbocycles. The van der Waals surface area contributed by atoms with Gasteiger partial charge in [0.1, 0.15) is 5.76 Å². The van der Waals surface area contributed by atoms with Gasteiger partial charge in [0.15, 0.2) is 11.3 Å². The van der Waals surface area contributed by atoms with E-state index in [0.29, 0.717) is 12.0 Å². The summed E-state index contributed by atoms with van der Waals surface area (Å²) in [6.07, 6.45) is 2.55. The average Bonchev–Trinajstić information content (AvgIpc) is 3.17. The lowest BCUT2D eigenvalue weighted by Gasteiger charge is -2.07. The first-order valence-corrected chi connectivity index (χ1v) is 7.43. The van der Waals surface area contributed by atoms with E-state index in [1.165, 1.54) is 29.4 Å². The lowest BCUT2D eigenvalue weighted by atomic mass is 10.0. The highest BCUT2D eigenvalue weighted by Crippen LogP contribution is 2.47. The van der Waals surface area contributed by atoms with E-state index < -0.39 is 0 Å². The Hall–Kier alpha value is -1.48. The number of furan rings is 1. The van der Waals surface area contributed by atoms with Crippen LogP contribution >= 0.6 is 0 Å². The topological polar surface area (TPSA) is 34.4 Å². The highest BCUT2D eigenvalue weighted by Gasteiger charge is 2.31. The fraction of sp³-hybridized carbons (Fsp3) is 0.529. The van der Waals surface area contributed by atoms with E-state index in [4.69, 9.17) is 9.15 Å². The first-order valence-electron chi connectivity index (χ1n) is 7.43. The van der Waals surface area contributed by atoms with Crippen LogP contribution in [0.25, 0.3) is 11.0 Å². The van der Waals surface area contributed by atoms with Crippen LogP contribution in [0.3, 0.4) is 0 Å². The Kier molecular flexibility index (Phi) is 3.47. The molecule has 0 bridgehead atoms. The molecule has 2 aromatic rings. The predicted molar refractivity (Wildman–Crippen MR) is 81.5 cm³/mol. The zero-order valence-corrected chi connectivity index (χ0v) is 12.7. The van der Waals surface area contributed by atoms with Crippen LogP contribution < -0.4 is 10.1 Å². The van der Waals surface area contributed by atoms with Gasteiger partial charge >= 0.3 is 0 Å². The van der Waals surface area contributed by atoms with Crippen LogP contribution in [0.5, 0.6) is 5.75 Å². The van der Waals surface area contributed by atoms with Gasteiger partial charge in [-0.05, 0) is 43.4 Å². The molecule has 0 unspecified atom stereocenters. The van der Waals surface area contributed by atoms with Crippen molar-refractivity contribution < 1.29 is 9.15 Å². The SMILES string of the molecule is COc1cc(C)cc2c(C3CC3)c(CNC(C)C)oc12. The number of aryl methyl sites for hydroxylation is 1. The second-order valence-electron chi connectivity index (χ2n) is 6.09. The van der Waals surface area contributed by atoms with Gasteiger partial charge in [0.25, 0.3) is 0 Å². The van der Waals surface area contributed by atoms with Crippen LogP contribution in [0.15, 0.2) is 16.5 Å². The van der Waals surface area contributed by atoms with Gasteiger partial charge in [-0.1, -0.05) is 13.8 Å². The van der Waals surface area contributed by atoms with Gasteiger partial charge in [-0.25, -0.2) is 0 Å². The molecule has 20 heavy (non-hydrogen) atoms. The zero-order valence-electron chi connectivity index (χ0n) is 12.7. The third-order valence-electron chi connectivity index (χ3n) is 3.89.